The topological polar surface area (TPSA) is 49.9 Å². The van der Waals surface area contributed by atoms with E-state index in [4.69, 9.17) is 16.3 Å². The number of rotatable bonds is 9. The Morgan fingerprint density at radius 2 is 1.82 bits per heavy atom. The molecule has 172 valence electrons. The van der Waals surface area contributed by atoms with Gasteiger partial charge in [0, 0.05) is 24.1 Å². The quantitative estimate of drug-likeness (QED) is 0.231. The summed E-state index contributed by atoms with van der Waals surface area (Å²) < 4.78 is 19.5. The van der Waals surface area contributed by atoms with Gasteiger partial charge in [0.1, 0.15) is 24.0 Å². The Morgan fingerprint density at radius 3 is 2.71 bits per heavy atom. The molecule has 1 heterocycles. The normalized spacial score (nSPS) is 11.4. The molecular formula is C28H25ClFN3O. The van der Waals surface area contributed by atoms with Crippen LogP contribution in [-0.2, 0) is 19.6 Å². The van der Waals surface area contributed by atoms with Crippen LogP contribution >= 0.6 is 11.6 Å². The number of imidazole rings is 1. The molecule has 2 N–H and O–H groups in total. The monoisotopic (exact) mass is 473 g/mol. The average Bonchev–Trinajstić information content (AvgIpc) is 3.27. The summed E-state index contributed by atoms with van der Waals surface area (Å²) in [4.78, 5) is 8.04. The number of aromatic nitrogens is 2. The van der Waals surface area contributed by atoms with E-state index in [-0.39, 0.29) is 12.4 Å². The molecule has 0 saturated carbocycles. The molecule has 34 heavy (non-hydrogen) atoms. The SMILES string of the molecule is Fc1ccc(COc2ccc3ccccc3c2CNCCCc2nc3ccccc3[nH]2)c(Cl)c1. The van der Waals surface area contributed by atoms with E-state index in [0.717, 1.165) is 63.9 Å². The van der Waals surface area contributed by atoms with Crippen molar-refractivity contribution in [1.29, 1.82) is 0 Å². The first kappa shape index (κ1) is 22.4. The molecule has 4 aromatic carbocycles. The first-order valence-electron chi connectivity index (χ1n) is 11.4. The third-order valence-corrected chi connectivity index (χ3v) is 6.26. The Kier molecular flexibility index (Phi) is 6.74. The summed E-state index contributed by atoms with van der Waals surface area (Å²) in [7, 11) is 0. The zero-order valence-electron chi connectivity index (χ0n) is 18.7. The van der Waals surface area contributed by atoms with Crippen LogP contribution in [0.15, 0.2) is 78.9 Å². The first-order valence-corrected chi connectivity index (χ1v) is 11.8. The van der Waals surface area contributed by atoms with Crippen LogP contribution in [0, 0.1) is 5.82 Å². The van der Waals surface area contributed by atoms with E-state index in [9.17, 15) is 4.39 Å². The molecule has 5 aromatic rings. The Morgan fingerprint density at radius 1 is 0.971 bits per heavy atom. The number of aryl methyl sites for hydroxylation is 1. The van der Waals surface area contributed by atoms with E-state index in [1.54, 1.807) is 6.07 Å². The molecule has 0 spiro atoms. The van der Waals surface area contributed by atoms with Gasteiger partial charge in [0.2, 0.25) is 0 Å². The van der Waals surface area contributed by atoms with Crippen LogP contribution in [0.2, 0.25) is 5.02 Å². The zero-order chi connectivity index (χ0) is 23.3. The molecule has 0 aliphatic rings. The standard InChI is InChI=1S/C28H25ClFN3O/c29-24-16-21(30)13-11-20(24)18-34-27-14-12-19-6-1-2-7-22(19)23(27)17-31-15-5-10-28-32-25-8-3-4-9-26(25)33-28/h1-4,6-9,11-14,16,31H,5,10,15,17-18H2,(H,32,33). The van der Waals surface area contributed by atoms with E-state index in [1.165, 1.54) is 12.1 Å². The third kappa shape index (κ3) is 5.06. The lowest BCUT2D eigenvalue weighted by molar-refractivity contribution is 0.302. The van der Waals surface area contributed by atoms with Crippen LogP contribution in [0.3, 0.4) is 0 Å². The Hall–Kier alpha value is -3.41. The molecule has 0 amide bonds. The van der Waals surface area contributed by atoms with E-state index in [1.807, 2.05) is 42.5 Å². The van der Waals surface area contributed by atoms with E-state index in [2.05, 4.69) is 33.5 Å². The molecule has 0 fully saturated rings. The number of halogens is 2. The highest BCUT2D eigenvalue weighted by molar-refractivity contribution is 6.31. The maximum atomic E-state index is 13.4. The lowest BCUT2D eigenvalue weighted by atomic mass is 10.0. The Labute approximate surface area is 202 Å². The van der Waals surface area contributed by atoms with Crippen LogP contribution in [0.5, 0.6) is 5.75 Å². The van der Waals surface area contributed by atoms with Crippen molar-refractivity contribution in [2.75, 3.05) is 6.54 Å². The van der Waals surface area contributed by atoms with Gasteiger partial charge < -0.3 is 15.0 Å². The molecule has 1 aromatic heterocycles. The van der Waals surface area contributed by atoms with Gasteiger partial charge in [-0.05, 0) is 54.1 Å². The fraction of sp³-hybridized carbons (Fsp3) is 0.179. The highest BCUT2D eigenvalue weighted by Gasteiger charge is 2.11. The Bertz CT molecular complexity index is 1400. The summed E-state index contributed by atoms with van der Waals surface area (Å²) in [5.74, 6) is 1.45. The summed E-state index contributed by atoms with van der Waals surface area (Å²) in [5.41, 5.74) is 3.93. The first-order chi connectivity index (χ1) is 16.7. The maximum Gasteiger partial charge on any atom is 0.124 e. The molecule has 5 rings (SSSR count). The van der Waals surface area contributed by atoms with Crippen LogP contribution in [0.4, 0.5) is 4.39 Å². The van der Waals surface area contributed by atoms with Crippen LogP contribution in [0.25, 0.3) is 21.8 Å². The predicted molar refractivity (Wildman–Crippen MR) is 136 cm³/mol. The van der Waals surface area contributed by atoms with Crippen molar-refractivity contribution in [2.24, 2.45) is 0 Å². The number of benzene rings is 4. The molecule has 0 unspecified atom stereocenters. The second-order valence-corrected chi connectivity index (χ2v) is 8.68. The van der Waals surface area contributed by atoms with Crippen molar-refractivity contribution in [1.82, 2.24) is 15.3 Å². The minimum Gasteiger partial charge on any atom is -0.488 e. The highest BCUT2D eigenvalue weighted by Crippen LogP contribution is 2.29. The van der Waals surface area contributed by atoms with Crippen molar-refractivity contribution in [3.8, 4) is 5.75 Å². The van der Waals surface area contributed by atoms with E-state index >= 15 is 0 Å². The fourth-order valence-electron chi connectivity index (χ4n) is 4.15. The van der Waals surface area contributed by atoms with Gasteiger partial charge in [0.05, 0.1) is 16.1 Å². The van der Waals surface area contributed by atoms with Gasteiger partial charge in [-0.3, -0.25) is 0 Å². The molecule has 6 heteroatoms. The summed E-state index contributed by atoms with van der Waals surface area (Å²) >= 11 is 6.19. The zero-order valence-corrected chi connectivity index (χ0v) is 19.4. The second kappa shape index (κ2) is 10.2. The lowest BCUT2D eigenvalue weighted by Crippen LogP contribution is -2.16. The van der Waals surface area contributed by atoms with Crippen LogP contribution in [0.1, 0.15) is 23.4 Å². The minimum absolute atomic E-state index is 0.274. The summed E-state index contributed by atoms with van der Waals surface area (Å²) in [6.45, 7) is 1.80. The highest BCUT2D eigenvalue weighted by atomic mass is 35.5. The van der Waals surface area contributed by atoms with E-state index in [0.29, 0.717) is 11.6 Å². The van der Waals surface area contributed by atoms with Gasteiger partial charge in [0.15, 0.2) is 0 Å². The van der Waals surface area contributed by atoms with Crippen LogP contribution in [-0.4, -0.2) is 16.5 Å². The maximum absolute atomic E-state index is 13.4. The van der Waals surface area contributed by atoms with Gasteiger partial charge >= 0.3 is 0 Å². The molecule has 0 bridgehead atoms. The number of aromatic amines is 1. The van der Waals surface area contributed by atoms with Crippen molar-refractivity contribution in [2.45, 2.75) is 26.0 Å². The number of nitrogens with one attached hydrogen (secondary N) is 2. The van der Waals surface area contributed by atoms with E-state index < -0.39 is 0 Å². The van der Waals surface area contributed by atoms with Gasteiger partial charge in [-0.2, -0.15) is 0 Å². The molecule has 0 saturated heterocycles. The number of para-hydroxylation sites is 2. The molecule has 0 aliphatic heterocycles. The fourth-order valence-corrected chi connectivity index (χ4v) is 4.37. The predicted octanol–water partition coefficient (Wildman–Crippen LogP) is 6.81. The number of nitrogens with zero attached hydrogens (tertiary/aromatic N) is 1. The smallest absolute Gasteiger partial charge is 0.124 e. The minimum atomic E-state index is -0.355. The number of hydrogen-bond donors (Lipinski definition) is 2. The van der Waals surface area contributed by atoms with Crippen molar-refractivity contribution in [3.05, 3.63) is 107 Å². The second-order valence-electron chi connectivity index (χ2n) is 8.27. The van der Waals surface area contributed by atoms with Gasteiger partial charge in [-0.25, -0.2) is 9.37 Å². The number of ether oxygens (including phenoxy) is 1. The largest absolute Gasteiger partial charge is 0.488 e. The third-order valence-electron chi connectivity index (χ3n) is 5.90. The number of hydrogen-bond acceptors (Lipinski definition) is 3. The summed E-state index contributed by atoms with van der Waals surface area (Å²) in [5, 5.41) is 6.23. The van der Waals surface area contributed by atoms with Crippen molar-refractivity contribution in [3.63, 3.8) is 0 Å². The molecular weight excluding hydrogens is 449 g/mol. The number of H-pyrrole nitrogens is 1. The van der Waals surface area contributed by atoms with Crippen molar-refractivity contribution < 1.29 is 9.13 Å². The summed E-state index contributed by atoms with van der Waals surface area (Å²) in [6, 6.07) is 24.8. The molecule has 0 radical (unpaired) electrons. The Balaban J connectivity index is 1.25. The van der Waals surface area contributed by atoms with Gasteiger partial charge in [0.25, 0.3) is 0 Å². The summed E-state index contributed by atoms with van der Waals surface area (Å²) in [6.07, 6.45) is 1.84. The van der Waals surface area contributed by atoms with Gasteiger partial charge in [-0.1, -0.05) is 60.1 Å². The number of fused-ring (bicyclic) bond motifs is 2. The molecule has 0 atom stereocenters. The molecule has 0 aliphatic carbocycles. The lowest BCUT2D eigenvalue weighted by Gasteiger charge is -2.16. The van der Waals surface area contributed by atoms with Crippen molar-refractivity contribution >= 4 is 33.4 Å². The average molecular weight is 474 g/mol. The van der Waals surface area contributed by atoms with Gasteiger partial charge in [-0.15, -0.1) is 0 Å². The van der Waals surface area contributed by atoms with Crippen LogP contribution < -0.4 is 10.1 Å². The molecule has 4 nitrogen and oxygen atoms in total.